The first kappa shape index (κ1) is 13.2. The Morgan fingerprint density at radius 3 is 2.57 bits per heavy atom. The lowest BCUT2D eigenvalue weighted by atomic mass is 9.97. The quantitative estimate of drug-likeness (QED) is 0.942. The standard InChI is InChI=1S/C16H20N4S/c1-2-4-12(5-3-1)10-20-14-6-7-15(20)9-13(8-14)19-16-17-11-18-21-16/h1-5,11,13-15H,6-10H2,(H,17,18,19). The van der Waals surface area contributed by atoms with Crippen LogP contribution >= 0.6 is 11.5 Å². The molecule has 1 aromatic carbocycles. The molecule has 1 aromatic heterocycles. The lowest BCUT2D eigenvalue weighted by Gasteiger charge is -2.39. The third-order valence-electron chi connectivity index (χ3n) is 4.78. The molecule has 2 unspecified atom stereocenters. The van der Waals surface area contributed by atoms with E-state index >= 15 is 0 Å². The molecule has 0 aliphatic carbocycles. The monoisotopic (exact) mass is 300 g/mol. The van der Waals surface area contributed by atoms with Crippen molar-refractivity contribution in [1.82, 2.24) is 14.3 Å². The zero-order valence-electron chi connectivity index (χ0n) is 12.0. The summed E-state index contributed by atoms with van der Waals surface area (Å²) in [7, 11) is 0. The molecule has 2 fully saturated rings. The zero-order chi connectivity index (χ0) is 14.1. The highest BCUT2D eigenvalue weighted by molar-refractivity contribution is 7.09. The smallest absolute Gasteiger partial charge is 0.202 e. The second-order valence-electron chi connectivity index (χ2n) is 6.10. The van der Waals surface area contributed by atoms with E-state index in [2.05, 4.69) is 49.9 Å². The summed E-state index contributed by atoms with van der Waals surface area (Å²) in [5, 5.41) is 4.53. The molecule has 1 N–H and O–H groups in total. The predicted octanol–water partition coefficient (Wildman–Crippen LogP) is 3.15. The van der Waals surface area contributed by atoms with Gasteiger partial charge >= 0.3 is 0 Å². The molecule has 2 aliphatic rings. The molecule has 0 spiro atoms. The molecule has 2 saturated heterocycles. The molecule has 0 radical (unpaired) electrons. The number of piperidine rings is 1. The van der Waals surface area contributed by atoms with E-state index < -0.39 is 0 Å². The average Bonchev–Trinajstić information content (AvgIpc) is 3.07. The summed E-state index contributed by atoms with van der Waals surface area (Å²) in [6, 6.07) is 12.8. The van der Waals surface area contributed by atoms with Gasteiger partial charge < -0.3 is 5.32 Å². The van der Waals surface area contributed by atoms with Gasteiger partial charge in [-0.05, 0) is 31.2 Å². The molecule has 2 aromatic rings. The van der Waals surface area contributed by atoms with Gasteiger partial charge in [0.05, 0.1) is 0 Å². The molecule has 0 saturated carbocycles. The average molecular weight is 300 g/mol. The van der Waals surface area contributed by atoms with Crippen molar-refractivity contribution in [3.8, 4) is 0 Å². The van der Waals surface area contributed by atoms with Gasteiger partial charge in [0.25, 0.3) is 0 Å². The number of rotatable bonds is 4. The van der Waals surface area contributed by atoms with Crippen molar-refractivity contribution < 1.29 is 0 Å². The Morgan fingerprint density at radius 2 is 1.90 bits per heavy atom. The van der Waals surface area contributed by atoms with Crippen molar-refractivity contribution in [2.24, 2.45) is 0 Å². The Hall–Kier alpha value is -1.46. The van der Waals surface area contributed by atoms with Crippen LogP contribution in [-0.2, 0) is 6.54 Å². The fraction of sp³-hybridized carbons (Fsp3) is 0.500. The van der Waals surface area contributed by atoms with Gasteiger partial charge in [-0.2, -0.15) is 4.37 Å². The van der Waals surface area contributed by atoms with Crippen molar-refractivity contribution in [1.29, 1.82) is 0 Å². The van der Waals surface area contributed by atoms with Gasteiger partial charge in [0.2, 0.25) is 5.13 Å². The molecule has 3 heterocycles. The molecule has 110 valence electrons. The number of hydrogen-bond donors (Lipinski definition) is 1. The van der Waals surface area contributed by atoms with E-state index in [1.165, 1.54) is 42.8 Å². The van der Waals surface area contributed by atoms with E-state index in [0.29, 0.717) is 6.04 Å². The second kappa shape index (κ2) is 5.73. The normalized spacial score (nSPS) is 28.7. The lowest BCUT2D eigenvalue weighted by molar-refractivity contribution is 0.124. The minimum absolute atomic E-state index is 0.558. The molecule has 2 aliphatic heterocycles. The molecule has 21 heavy (non-hydrogen) atoms. The second-order valence-corrected chi connectivity index (χ2v) is 6.88. The van der Waals surface area contributed by atoms with Crippen molar-refractivity contribution in [3.05, 3.63) is 42.2 Å². The Morgan fingerprint density at radius 1 is 1.14 bits per heavy atom. The van der Waals surface area contributed by atoms with Crippen LogP contribution in [0.2, 0.25) is 0 Å². The Bertz CT molecular complexity index is 557. The Labute approximate surface area is 129 Å². The molecule has 4 nitrogen and oxygen atoms in total. The molecule has 4 rings (SSSR count). The number of hydrogen-bond acceptors (Lipinski definition) is 5. The van der Waals surface area contributed by atoms with Crippen LogP contribution in [0.4, 0.5) is 5.13 Å². The topological polar surface area (TPSA) is 41.0 Å². The molecule has 2 bridgehead atoms. The van der Waals surface area contributed by atoms with Crippen LogP contribution in [0.25, 0.3) is 0 Å². The maximum absolute atomic E-state index is 4.25. The first-order valence-corrected chi connectivity index (χ1v) is 8.49. The summed E-state index contributed by atoms with van der Waals surface area (Å²) in [4.78, 5) is 6.97. The minimum Gasteiger partial charge on any atom is -0.357 e. The highest BCUT2D eigenvalue weighted by atomic mass is 32.1. The van der Waals surface area contributed by atoms with Crippen LogP contribution in [0, 0.1) is 0 Å². The van der Waals surface area contributed by atoms with Crippen LogP contribution in [-0.4, -0.2) is 32.4 Å². The number of fused-ring (bicyclic) bond motifs is 2. The highest BCUT2D eigenvalue weighted by Gasteiger charge is 2.40. The first-order chi connectivity index (χ1) is 10.4. The van der Waals surface area contributed by atoms with Gasteiger partial charge in [0.1, 0.15) is 6.33 Å². The summed E-state index contributed by atoms with van der Waals surface area (Å²) in [6.07, 6.45) is 6.76. The molecule has 5 heteroatoms. The van der Waals surface area contributed by atoms with Gasteiger partial charge in [-0.1, -0.05) is 30.3 Å². The van der Waals surface area contributed by atoms with E-state index in [1.807, 2.05) is 0 Å². The van der Waals surface area contributed by atoms with Gasteiger partial charge in [-0.25, -0.2) is 4.98 Å². The number of anilines is 1. The van der Waals surface area contributed by atoms with Gasteiger partial charge in [0.15, 0.2) is 0 Å². The highest BCUT2D eigenvalue weighted by Crippen LogP contribution is 2.37. The number of nitrogens with one attached hydrogen (secondary N) is 1. The van der Waals surface area contributed by atoms with E-state index in [9.17, 15) is 0 Å². The number of aromatic nitrogens is 2. The predicted molar refractivity (Wildman–Crippen MR) is 85.3 cm³/mol. The summed E-state index contributed by atoms with van der Waals surface area (Å²) in [6.45, 7) is 1.10. The number of benzene rings is 1. The van der Waals surface area contributed by atoms with Crippen LogP contribution in [0.15, 0.2) is 36.7 Å². The van der Waals surface area contributed by atoms with Gasteiger partial charge in [0, 0.05) is 36.2 Å². The van der Waals surface area contributed by atoms with E-state index in [0.717, 1.165) is 23.8 Å². The van der Waals surface area contributed by atoms with E-state index in [-0.39, 0.29) is 0 Å². The maximum atomic E-state index is 4.25. The summed E-state index contributed by atoms with van der Waals surface area (Å²) in [5.74, 6) is 0. The summed E-state index contributed by atoms with van der Waals surface area (Å²) in [5.41, 5.74) is 1.44. The molecular weight excluding hydrogens is 280 g/mol. The largest absolute Gasteiger partial charge is 0.357 e. The third-order valence-corrected chi connectivity index (χ3v) is 5.38. The van der Waals surface area contributed by atoms with Crippen LogP contribution < -0.4 is 5.32 Å². The Kier molecular flexibility index (Phi) is 3.61. The minimum atomic E-state index is 0.558. The first-order valence-electron chi connectivity index (χ1n) is 7.71. The maximum Gasteiger partial charge on any atom is 0.202 e. The van der Waals surface area contributed by atoms with Crippen LogP contribution in [0.3, 0.4) is 0 Å². The van der Waals surface area contributed by atoms with Crippen molar-refractivity contribution in [2.75, 3.05) is 5.32 Å². The number of nitrogens with zero attached hydrogens (tertiary/aromatic N) is 3. The molecule has 0 amide bonds. The van der Waals surface area contributed by atoms with Crippen LogP contribution in [0.1, 0.15) is 31.2 Å². The molecular formula is C16H20N4S. The third kappa shape index (κ3) is 2.80. The fourth-order valence-electron chi connectivity index (χ4n) is 3.86. The van der Waals surface area contributed by atoms with Crippen molar-refractivity contribution in [3.63, 3.8) is 0 Å². The van der Waals surface area contributed by atoms with E-state index in [4.69, 9.17) is 0 Å². The molecule has 2 atom stereocenters. The summed E-state index contributed by atoms with van der Waals surface area (Å²) < 4.78 is 4.07. The van der Waals surface area contributed by atoms with Crippen LogP contribution in [0.5, 0.6) is 0 Å². The van der Waals surface area contributed by atoms with Crippen molar-refractivity contribution >= 4 is 16.7 Å². The summed E-state index contributed by atoms with van der Waals surface area (Å²) >= 11 is 1.46. The fourth-order valence-corrected chi connectivity index (χ4v) is 4.36. The zero-order valence-corrected chi connectivity index (χ0v) is 12.8. The SMILES string of the molecule is c1ccc(CN2C3CCC2CC(Nc2ncns2)C3)cc1. The van der Waals surface area contributed by atoms with E-state index in [1.54, 1.807) is 6.33 Å². The van der Waals surface area contributed by atoms with Gasteiger partial charge in [-0.3, -0.25) is 4.90 Å². The lowest BCUT2D eigenvalue weighted by Crippen LogP contribution is -2.46. The van der Waals surface area contributed by atoms with Gasteiger partial charge in [-0.15, -0.1) is 0 Å². The van der Waals surface area contributed by atoms with Crippen molar-refractivity contribution in [2.45, 2.75) is 50.4 Å². The Balaban J connectivity index is 1.42.